The second kappa shape index (κ2) is 6.18. The number of halogens is 4. The standard InChI is InChI=1S/C15H12ClF3N2/c1-10(11-5-7-13(16)8-6-11)20-21-14-4-2-3-12(9-14)15(17,18)19/h2-9,21H,1H3/b20-10+. The molecule has 0 aliphatic carbocycles. The van der Waals surface area contributed by atoms with E-state index < -0.39 is 11.7 Å². The first-order valence-electron chi connectivity index (χ1n) is 6.10. The summed E-state index contributed by atoms with van der Waals surface area (Å²) in [6.45, 7) is 1.75. The summed E-state index contributed by atoms with van der Waals surface area (Å²) in [6.07, 6.45) is -4.37. The van der Waals surface area contributed by atoms with E-state index in [0.29, 0.717) is 10.7 Å². The van der Waals surface area contributed by atoms with Crippen LogP contribution >= 0.6 is 11.6 Å². The third kappa shape index (κ3) is 4.23. The van der Waals surface area contributed by atoms with Crippen LogP contribution in [0.25, 0.3) is 0 Å². The first-order chi connectivity index (χ1) is 9.86. The maximum Gasteiger partial charge on any atom is 0.416 e. The van der Waals surface area contributed by atoms with E-state index >= 15 is 0 Å². The van der Waals surface area contributed by atoms with Crippen molar-refractivity contribution >= 4 is 23.0 Å². The van der Waals surface area contributed by atoms with Crippen molar-refractivity contribution in [1.82, 2.24) is 0 Å². The zero-order chi connectivity index (χ0) is 15.5. The first-order valence-corrected chi connectivity index (χ1v) is 6.47. The summed E-state index contributed by atoms with van der Waals surface area (Å²) in [7, 11) is 0. The highest BCUT2D eigenvalue weighted by molar-refractivity contribution is 6.30. The highest BCUT2D eigenvalue weighted by atomic mass is 35.5. The Hall–Kier alpha value is -2.01. The van der Waals surface area contributed by atoms with Gasteiger partial charge in [0.15, 0.2) is 0 Å². The smallest absolute Gasteiger partial charge is 0.278 e. The van der Waals surface area contributed by atoms with Gasteiger partial charge in [-0.15, -0.1) is 0 Å². The van der Waals surface area contributed by atoms with E-state index in [1.807, 2.05) is 0 Å². The number of hydrogen-bond donors (Lipinski definition) is 1. The summed E-state index contributed by atoms with van der Waals surface area (Å²) < 4.78 is 37.8. The number of rotatable bonds is 3. The molecule has 0 fully saturated rings. The second-order valence-corrected chi connectivity index (χ2v) is 4.83. The van der Waals surface area contributed by atoms with Gasteiger partial charge in [-0.25, -0.2) is 0 Å². The number of hydrogen-bond acceptors (Lipinski definition) is 2. The van der Waals surface area contributed by atoms with Gasteiger partial charge in [-0.3, -0.25) is 5.43 Å². The number of hydrazone groups is 1. The minimum Gasteiger partial charge on any atom is -0.278 e. The fourth-order valence-corrected chi connectivity index (χ4v) is 1.80. The van der Waals surface area contributed by atoms with Gasteiger partial charge in [-0.05, 0) is 42.8 Å². The van der Waals surface area contributed by atoms with Crippen LogP contribution in [0.5, 0.6) is 0 Å². The van der Waals surface area contributed by atoms with Gasteiger partial charge in [0.2, 0.25) is 0 Å². The first kappa shape index (κ1) is 15.4. The summed E-state index contributed by atoms with van der Waals surface area (Å²) in [5.74, 6) is 0. The Balaban J connectivity index is 2.15. The minimum atomic E-state index is -4.37. The summed E-state index contributed by atoms with van der Waals surface area (Å²) in [5, 5.41) is 4.68. The molecule has 0 heterocycles. The maximum atomic E-state index is 12.6. The molecule has 2 aromatic carbocycles. The Kier molecular flexibility index (Phi) is 4.53. The number of alkyl halides is 3. The highest BCUT2D eigenvalue weighted by Gasteiger charge is 2.30. The van der Waals surface area contributed by atoms with Crippen molar-refractivity contribution in [3.05, 3.63) is 64.7 Å². The zero-order valence-electron chi connectivity index (χ0n) is 11.1. The SMILES string of the molecule is C/C(=N\Nc1cccc(C(F)(F)F)c1)c1ccc(Cl)cc1. The average Bonchev–Trinajstić information content (AvgIpc) is 2.45. The Labute approximate surface area is 125 Å². The molecule has 1 N–H and O–H groups in total. The number of benzene rings is 2. The third-order valence-electron chi connectivity index (χ3n) is 2.80. The Morgan fingerprint density at radius 2 is 1.76 bits per heavy atom. The molecule has 0 unspecified atom stereocenters. The molecule has 0 amide bonds. The van der Waals surface area contributed by atoms with Crippen molar-refractivity contribution in [3.63, 3.8) is 0 Å². The topological polar surface area (TPSA) is 24.4 Å². The summed E-state index contributed by atoms with van der Waals surface area (Å²) in [6, 6.07) is 11.9. The summed E-state index contributed by atoms with van der Waals surface area (Å²) in [5.41, 5.74) is 3.66. The van der Waals surface area contributed by atoms with Crippen LogP contribution in [0.2, 0.25) is 5.02 Å². The van der Waals surface area contributed by atoms with E-state index in [1.165, 1.54) is 12.1 Å². The molecule has 0 spiro atoms. The predicted octanol–water partition coefficient (Wildman–Crippen LogP) is 5.19. The van der Waals surface area contributed by atoms with Gasteiger partial charge in [0.1, 0.15) is 0 Å². The molecular formula is C15H12ClF3N2. The molecule has 0 saturated carbocycles. The molecule has 0 bridgehead atoms. The van der Waals surface area contributed by atoms with Crippen LogP contribution < -0.4 is 5.43 Å². The molecule has 0 radical (unpaired) electrons. The molecular weight excluding hydrogens is 301 g/mol. The van der Waals surface area contributed by atoms with Gasteiger partial charge in [-0.1, -0.05) is 29.8 Å². The molecule has 0 saturated heterocycles. The highest BCUT2D eigenvalue weighted by Crippen LogP contribution is 2.30. The molecule has 2 aromatic rings. The fraction of sp³-hybridized carbons (Fsp3) is 0.133. The van der Waals surface area contributed by atoms with Crippen LogP contribution in [0.1, 0.15) is 18.1 Å². The van der Waals surface area contributed by atoms with Crippen LogP contribution in [0.4, 0.5) is 18.9 Å². The van der Waals surface area contributed by atoms with Crippen molar-refractivity contribution in [3.8, 4) is 0 Å². The molecule has 0 aromatic heterocycles. The van der Waals surface area contributed by atoms with Crippen molar-refractivity contribution in [2.24, 2.45) is 5.10 Å². The van der Waals surface area contributed by atoms with Crippen molar-refractivity contribution in [2.45, 2.75) is 13.1 Å². The largest absolute Gasteiger partial charge is 0.416 e. The lowest BCUT2D eigenvalue weighted by molar-refractivity contribution is -0.137. The van der Waals surface area contributed by atoms with Crippen LogP contribution in [0.15, 0.2) is 53.6 Å². The van der Waals surface area contributed by atoms with E-state index in [9.17, 15) is 13.2 Å². The molecule has 0 atom stereocenters. The summed E-state index contributed by atoms with van der Waals surface area (Å²) in [4.78, 5) is 0. The second-order valence-electron chi connectivity index (χ2n) is 4.39. The normalized spacial score (nSPS) is 12.3. The average molecular weight is 313 g/mol. The van der Waals surface area contributed by atoms with Gasteiger partial charge in [0.25, 0.3) is 0 Å². The minimum absolute atomic E-state index is 0.276. The number of anilines is 1. The fourth-order valence-electron chi connectivity index (χ4n) is 1.67. The molecule has 2 nitrogen and oxygen atoms in total. The van der Waals surface area contributed by atoms with E-state index in [4.69, 9.17) is 11.6 Å². The number of nitrogens with zero attached hydrogens (tertiary/aromatic N) is 1. The third-order valence-corrected chi connectivity index (χ3v) is 3.06. The number of nitrogens with one attached hydrogen (secondary N) is 1. The van der Waals surface area contributed by atoms with E-state index in [2.05, 4.69) is 10.5 Å². The van der Waals surface area contributed by atoms with Gasteiger partial charge in [0.05, 0.1) is 17.0 Å². The maximum absolute atomic E-state index is 12.6. The Bertz CT molecular complexity index is 649. The molecule has 0 aliphatic heterocycles. The Morgan fingerprint density at radius 1 is 1.10 bits per heavy atom. The van der Waals surface area contributed by atoms with Crippen molar-refractivity contribution < 1.29 is 13.2 Å². The lowest BCUT2D eigenvalue weighted by atomic mass is 10.1. The predicted molar refractivity (Wildman–Crippen MR) is 78.7 cm³/mol. The molecule has 2 rings (SSSR count). The zero-order valence-corrected chi connectivity index (χ0v) is 11.8. The van der Waals surface area contributed by atoms with Crippen molar-refractivity contribution in [2.75, 3.05) is 5.43 Å². The van der Waals surface area contributed by atoms with Crippen LogP contribution in [0, 0.1) is 0 Å². The van der Waals surface area contributed by atoms with Gasteiger partial charge >= 0.3 is 6.18 Å². The lowest BCUT2D eigenvalue weighted by Crippen LogP contribution is -2.05. The van der Waals surface area contributed by atoms with Crippen LogP contribution in [-0.4, -0.2) is 5.71 Å². The lowest BCUT2D eigenvalue weighted by Gasteiger charge is -2.09. The van der Waals surface area contributed by atoms with E-state index in [1.54, 1.807) is 31.2 Å². The molecule has 110 valence electrons. The molecule has 0 aliphatic rings. The van der Waals surface area contributed by atoms with E-state index in [-0.39, 0.29) is 5.69 Å². The molecule has 21 heavy (non-hydrogen) atoms. The summed E-state index contributed by atoms with van der Waals surface area (Å²) >= 11 is 5.79. The van der Waals surface area contributed by atoms with Crippen molar-refractivity contribution in [1.29, 1.82) is 0 Å². The van der Waals surface area contributed by atoms with Crippen LogP contribution in [0.3, 0.4) is 0 Å². The Morgan fingerprint density at radius 3 is 2.38 bits per heavy atom. The van der Waals surface area contributed by atoms with Gasteiger partial charge in [0, 0.05) is 5.02 Å². The van der Waals surface area contributed by atoms with E-state index in [0.717, 1.165) is 17.7 Å². The monoisotopic (exact) mass is 312 g/mol. The molecule has 6 heteroatoms. The van der Waals surface area contributed by atoms with Gasteiger partial charge < -0.3 is 0 Å². The van der Waals surface area contributed by atoms with Crippen LogP contribution in [-0.2, 0) is 6.18 Å². The van der Waals surface area contributed by atoms with Gasteiger partial charge in [-0.2, -0.15) is 18.3 Å². The quantitative estimate of drug-likeness (QED) is 0.611.